The fourth-order valence-electron chi connectivity index (χ4n) is 1.86. The Morgan fingerprint density at radius 2 is 0.964 bits per heavy atom. The third kappa shape index (κ3) is 25.9. The number of rotatable bonds is 14. The maximum atomic E-state index is 5.65. The zero-order chi connectivity index (χ0) is 22.7. The van der Waals surface area contributed by atoms with Crippen molar-refractivity contribution in [2.45, 2.75) is 81.7 Å². The van der Waals surface area contributed by atoms with Gasteiger partial charge < -0.3 is 26.6 Å². The molecule has 0 radical (unpaired) electrons. The van der Waals surface area contributed by atoms with Gasteiger partial charge in [-0.3, -0.25) is 0 Å². The molecule has 0 saturated heterocycles. The van der Waals surface area contributed by atoms with E-state index in [1.807, 2.05) is 62.3 Å². The summed E-state index contributed by atoms with van der Waals surface area (Å²) in [5.41, 5.74) is 0. The summed E-state index contributed by atoms with van der Waals surface area (Å²) in [7, 11) is -4.03. The Morgan fingerprint density at radius 3 is 1.14 bits per heavy atom. The van der Waals surface area contributed by atoms with Gasteiger partial charge in [-0.1, -0.05) is 33.3 Å². The minimum atomic E-state index is -2.30. The highest BCUT2D eigenvalue weighted by molar-refractivity contribution is 6.60. The topological polar surface area (TPSA) is 55.4 Å². The first-order valence-electron chi connectivity index (χ1n) is 10.8. The molecule has 0 saturated carbocycles. The molecule has 0 heterocycles. The van der Waals surface area contributed by atoms with Crippen molar-refractivity contribution in [2.75, 3.05) is 39.6 Å². The molecule has 0 aromatic carbocycles. The van der Waals surface area contributed by atoms with Crippen molar-refractivity contribution in [2.24, 2.45) is 0 Å². The molecule has 6 nitrogen and oxygen atoms in total. The maximum Gasteiger partial charge on any atom is 0.500 e. The predicted octanol–water partition coefficient (Wildman–Crippen LogP) is 5.48. The SMILES string of the molecule is C=CC.CC.CCC[Si](OCC)(OCC)OCC.CCO[SiH](OCC)OCC. The molecule has 0 atom stereocenters. The van der Waals surface area contributed by atoms with E-state index in [1.165, 1.54) is 0 Å². The van der Waals surface area contributed by atoms with E-state index < -0.39 is 18.3 Å². The smallest absolute Gasteiger partial charge is 0.376 e. The Morgan fingerprint density at radius 1 is 0.679 bits per heavy atom. The van der Waals surface area contributed by atoms with Gasteiger partial charge in [0.25, 0.3) is 0 Å². The summed E-state index contributed by atoms with van der Waals surface area (Å²) in [6.45, 7) is 27.2. The molecule has 0 aliphatic rings. The van der Waals surface area contributed by atoms with Crippen molar-refractivity contribution in [3.05, 3.63) is 12.7 Å². The summed E-state index contributed by atoms with van der Waals surface area (Å²) in [6.07, 6.45) is 2.80. The van der Waals surface area contributed by atoms with Crippen LogP contribution in [0.1, 0.15) is 75.7 Å². The van der Waals surface area contributed by atoms with Gasteiger partial charge >= 0.3 is 18.3 Å². The Hall–Kier alpha value is -0.0662. The molecule has 0 N–H and O–H groups in total. The molecule has 0 spiro atoms. The Balaban J connectivity index is -0.000000170. The van der Waals surface area contributed by atoms with E-state index >= 15 is 0 Å². The van der Waals surface area contributed by atoms with E-state index in [2.05, 4.69) is 13.5 Å². The van der Waals surface area contributed by atoms with Crippen LogP contribution in [-0.2, 0) is 26.6 Å². The molecular formula is C20H50O6Si2. The van der Waals surface area contributed by atoms with Gasteiger partial charge in [-0.15, -0.1) is 6.58 Å². The minimum Gasteiger partial charge on any atom is -0.376 e. The van der Waals surface area contributed by atoms with Gasteiger partial charge in [0.15, 0.2) is 0 Å². The summed E-state index contributed by atoms with van der Waals surface area (Å²) in [5.74, 6) is 0. The largest absolute Gasteiger partial charge is 0.500 e. The molecule has 174 valence electrons. The maximum absolute atomic E-state index is 5.65. The van der Waals surface area contributed by atoms with Crippen LogP contribution in [0.3, 0.4) is 0 Å². The second kappa shape index (κ2) is 31.6. The highest BCUT2D eigenvalue weighted by atomic mass is 28.4. The van der Waals surface area contributed by atoms with Crippen LogP contribution in [0.5, 0.6) is 0 Å². The standard InChI is InChI=1S/C9H22O3Si.C6H16O3Si.C3H6.C2H6/c1-5-9-13(10-6-2,11-7-3)12-8-4;1-4-7-10(8-5-2)9-6-3;1-3-2;1-2/h5-9H2,1-4H3;10H,4-6H2,1-3H3;3H,1H2,2H3;1-2H3. The van der Waals surface area contributed by atoms with E-state index in [9.17, 15) is 0 Å². The highest BCUT2D eigenvalue weighted by Gasteiger charge is 2.38. The van der Waals surface area contributed by atoms with Crippen LogP contribution in [0.4, 0.5) is 0 Å². The summed E-state index contributed by atoms with van der Waals surface area (Å²) in [5, 5.41) is 0. The van der Waals surface area contributed by atoms with Gasteiger partial charge in [-0.05, 0) is 48.5 Å². The highest BCUT2D eigenvalue weighted by Crippen LogP contribution is 2.17. The normalized spacial score (nSPS) is 10.1. The average molecular weight is 443 g/mol. The molecule has 0 rings (SSSR count). The average Bonchev–Trinajstić information content (AvgIpc) is 2.66. The van der Waals surface area contributed by atoms with Crippen molar-refractivity contribution >= 4 is 18.3 Å². The molecule has 0 aromatic heterocycles. The second-order valence-electron chi connectivity index (χ2n) is 4.79. The van der Waals surface area contributed by atoms with Crippen LogP contribution in [-0.4, -0.2) is 58.0 Å². The van der Waals surface area contributed by atoms with Gasteiger partial charge in [-0.2, -0.15) is 0 Å². The summed E-state index contributed by atoms with van der Waals surface area (Å²) >= 11 is 0. The molecule has 0 aromatic rings. The number of hydrogen-bond donors (Lipinski definition) is 0. The Kier molecular flexibility index (Phi) is 40.0. The molecule has 0 aliphatic heterocycles. The number of allylic oxidation sites excluding steroid dienone is 1. The van der Waals surface area contributed by atoms with Gasteiger partial charge in [0.1, 0.15) is 0 Å². The van der Waals surface area contributed by atoms with Crippen molar-refractivity contribution in [1.29, 1.82) is 0 Å². The van der Waals surface area contributed by atoms with Crippen LogP contribution in [0.25, 0.3) is 0 Å². The van der Waals surface area contributed by atoms with E-state index in [4.69, 9.17) is 26.6 Å². The summed E-state index contributed by atoms with van der Waals surface area (Å²) in [4.78, 5) is 0. The molecule has 0 aliphatic carbocycles. The first kappa shape index (κ1) is 35.4. The Bertz CT molecular complexity index is 227. The molecule has 28 heavy (non-hydrogen) atoms. The van der Waals surface area contributed by atoms with Gasteiger partial charge in [0.05, 0.1) is 0 Å². The quantitative estimate of drug-likeness (QED) is 0.262. The van der Waals surface area contributed by atoms with Gasteiger partial charge in [-0.25, -0.2) is 0 Å². The lowest BCUT2D eigenvalue weighted by atomic mass is 10.6. The van der Waals surface area contributed by atoms with Crippen LogP contribution in [0.15, 0.2) is 12.7 Å². The lowest BCUT2D eigenvalue weighted by Crippen LogP contribution is -2.45. The van der Waals surface area contributed by atoms with E-state index in [0.717, 1.165) is 12.5 Å². The first-order chi connectivity index (χ1) is 13.5. The molecule has 0 amide bonds. The predicted molar refractivity (Wildman–Crippen MR) is 125 cm³/mol. The van der Waals surface area contributed by atoms with Crippen molar-refractivity contribution in [3.8, 4) is 0 Å². The fourth-order valence-corrected chi connectivity index (χ4v) is 5.58. The first-order valence-corrected chi connectivity index (χ1v) is 14.2. The third-order valence-electron chi connectivity index (χ3n) is 2.56. The van der Waals surface area contributed by atoms with Gasteiger partial charge in [0.2, 0.25) is 0 Å². The molecule has 8 heteroatoms. The van der Waals surface area contributed by atoms with Crippen molar-refractivity contribution in [3.63, 3.8) is 0 Å². The molecular weight excluding hydrogens is 392 g/mol. The molecule has 0 unspecified atom stereocenters. The Labute approximate surface area is 179 Å². The monoisotopic (exact) mass is 442 g/mol. The third-order valence-corrected chi connectivity index (χ3v) is 7.67. The summed E-state index contributed by atoms with van der Waals surface area (Å²) < 4.78 is 32.6. The minimum absolute atomic E-state index is 0.673. The van der Waals surface area contributed by atoms with Crippen LogP contribution in [0, 0.1) is 0 Å². The van der Waals surface area contributed by atoms with Crippen LogP contribution < -0.4 is 0 Å². The van der Waals surface area contributed by atoms with Crippen LogP contribution >= 0.6 is 0 Å². The van der Waals surface area contributed by atoms with Gasteiger partial charge in [0, 0.05) is 45.7 Å². The lowest BCUT2D eigenvalue weighted by molar-refractivity contribution is 0.0711. The van der Waals surface area contributed by atoms with Crippen LogP contribution in [0.2, 0.25) is 6.04 Å². The van der Waals surface area contributed by atoms with E-state index in [-0.39, 0.29) is 0 Å². The zero-order valence-corrected chi connectivity index (χ0v) is 22.6. The summed E-state index contributed by atoms with van der Waals surface area (Å²) in [6, 6.07) is 0.919. The number of hydrogen-bond acceptors (Lipinski definition) is 6. The molecule has 0 fully saturated rings. The zero-order valence-electron chi connectivity index (χ0n) is 20.5. The van der Waals surface area contributed by atoms with E-state index in [0.29, 0.717) is 39.6 Å². The van der Waals surface area contributed by atoms with E-state index in [1.54, 1.807) is 6.08 Å². The fraction of sp³-hybridized carbons (Fsp3) is 0.900. The lowest BCUT2D eigenvalue weighted by Gasteiger charge is -2.27. The van der Waals surface area contributed by atoms with Crippen molar-refractivity contribution in [1.82, 2.24) is 0 Å². The molecule has 0 bridgehead atoms. The van der Waals surface area contributed by atoms with Crippen molar-refractivity contribution < 1.29 is 26.6 Å². The second-order valence-corrected chi connectivity index (χ2v) is 9.10.